The first-order valence-electron chi connectivity index (χ1n) is 7.08. The molecule has 2 bridgehead atoms. The van der Waals surface area contributed by atoms with Gasteiger partial charge in [0.25, 0.3) is 5.69 Å². The van der Waals surface area contributed by atoms with Gasteiger partial charge in [-0.15, -0.1) is 0 Å². The minimum Gasteiger partial charge on any atom is -0.506 e. The predicted molar refractivity (Wildman–Crippen MR) is 78.7 cm³/mol. The zero-order chi connectivity index (χ0) is 16.7. The second-order valence-corrected chi connectivity index (χ2v) is 5.79. The number of amides is 1. The highest BCUT2D eigenvalue weighted by Crippen LogP contribution is 2.48. The third kappa shape index (κ3) is 2.52. The molecule has 120 valence electrons. The monoisotopic (exact) mass is 318 g/mol. The van der Waals surface area contributed by atoms with E-state index in [2.05, 4.69) is 5.32 Å². The Hall–Kier alpha value is -2.90. The van der Waals surface area contributed by atoms with Gasteiger partial charge in [0.05, 0.1) is 22.4 Å². The Kier molecular flexibility index (Phi) is 3.51. The molecule has 0 spiro atoms. The Balaban J connectivity index is 1.85. The molecule has 0 heterocycles. The molecule has 1 aromatic carbocycles. The highest BCUT2D eigenvalue weighted by Gasteiger charge is 2.51. The molecule has 1 fully saturated rings. The quantitative estimate of drug-likeness (QED) is 0.336. The Labute approximate surface area is 130 Å². The molecule has 0 radical (unpaired) electrons. The fourth-order valence-electron chi connectivity index (χ4n) is 3.47. The van der Waals surface area contributed by atoms with E-state index in [4.69, 9.17) is 0 Å². The highest BCUT2D eigenvalue weighted by atomic mass is 16.6. The summed E-state index contributed by atoms with van der Waals surface area (Å²) >= 11 is 0. The number of nitrogens with zero attached hydrogens (tertiary/aromatic N) is 1. The number of anilines is 1. The molecule has 23 heavy (non-hydrogen) atoms. The number of aromatic hydroxyl groups is 1. The Morgan fingerprint density at radius 1 is 1.22 bits per heavy atom. The minimum atomic E-state index is -1.04. The van der Waals surface area contributed by atoms with Crippen LogP contribution in [0.4, 0.5) is 11.4 Å². The molecule has 2 aliphatic rings. The zero-order valence-electron chi connectivity index (χ0n) is 11.9. The van der Waals surface area contributed by atoms with Gasteiger partial charge in [0, 0.05) is 12.1 Å². The van der Waals surface area contributed by atoms with Crippen LogP contribution in [0.3, 0.4) is 0 Å². The van der Waals surface area contributed by atoms with Crippen LogP contribution in [0.1, 0.15) is 6.42 Å². The molecule has 1 aromatic rings. The number of aliphatic carboxylic acids is 1. The molecule has 0 aromatic heterocycles. The maximum atomic E-state index is 12.5. The number of carbonyl (C=O) groups excluding carboxylic acids is 1. The van der Waals surface area contributed by atoms with E-state index in [1.165, 1.54) is 0 Å². The fourth-order valence-corrected chi connectivity index (χ4v) is 3.47. The standard InChI is InChI=1S/C15H14N2O6/c18-11-4-3-9(17(22)23)6-10(11)16-14(19)12-7-1-2-8(5-7)13(12)15(20)21/h1-4,6-8,12-13,18H,5H2,(H,16,19)(H,20,21). The summed E-state index contributed by atoms with van der Waals surface area (Å²) < 4.78 is 0. The van der Waals surface area contributed by atoms with Crippen molar-refractivity contribution in [3.8, 4) is 5.75 Å². The number of hydrogen-bond donors (Lipinski definition) is 3. The van der Waals surface area contributed by atoms with E-state index in [-0.39, 0.29) is 29.0 Å². The van der Waals surface area contributed by atoms with Crippen LogP contribution in [-0.4, -0.2) is 27.0 Å². The molecule has 1 saturated carbocycles. The lowest BCUT2D eigenvalue weighted by molar-refractivity contribution is -0.384. The number of rotatable bonds is 4. The van der Waals surface area contributed by atoms with Crippen molar-refractivity contribution in [3.63, 3.8) is 0 Å². The van der Waals surface area contributed by atoms with E-state index in [1.54, 1.807) is 0 Å². The predicted octanol–water partition coefficient (Wildman–Crippen LogP) is 1.76. The first-order valence-corrected chi connectivity index (χ1v) is 7.08. The van der Waals surface area contributed by atoms with Crippen LogP contribution in [0.15, 0.2) is 30.4 Å². The van der Waals surface area contributed by atoms with Crippen molar-refractivity contribution < 1.29 is 24.7 Å². The smallest absolute Gasteiger partial charge is 0.307 e. The maximum absolute atomic E-state index is 12.5. The third-order valence-electron chi connectivity index (χ3n) is 4.50. The summed E-state index contributed by atoms with van der Waals surface area (Å²) in [5.41, 5.74) is -0.374. The molecule has 0 aliphatic heterocycles. The maximum Gasteiger partial charge on any atom is 0.307 e. The van der Waals surface area contributed by atoms with E-state index in [0.29, 0.717) is 6.42 Å². The van der Waals surface area contributed by atoms with Crippen molar-refractivity contribution in [2.75, 3.05) is 5.32 Å². The van der Waals surface area contributed by atoms with Gasteiger partial charge in [-0.05, 0) is 24.3 Å². The molecule has 0 saturated heterocycles. The van der Waals surface area contributed by atoms with Gasteiger partial charge in [-0.2, -0.15) is 0 Å². The fraction of sp³-hybridized carbons (Fsp3) is 0.333. The summed E-state index contributed by atoms with van der Waals surface area (Å²) in [6, 6.07) is 3.28. The number of nitrogens with one attached hydrogen (secondary N) is 1. The molecule has 8 heteroatoms. The summed E-state index contributed by atoms with van der Waals surface area (Å²) in [5.74, 6) is -3.80. The van der Waals surface area contributed by atoms with Gasteiger partial charge in [0.15, 0.2) is 0 Å². The Bertz CT molecular complexity index is 729. The number of carboxylic acids is 1. The summed E-state index contributed by atoms with van der Waals surface area (Å²) in [6.07, 6.45) is 4.26. The number of fused-ring (bicyclic) bond motifs is 2. The van der Waals surface area contributed by atoms with Crippen LogP contribution in [0.5, 0.6) is 5.75 Å². The van der Waals surface area contributed by atoms with Crippen molar-refractivity contribution >= 4 is 23.3 Å². The molecular weight excluding hydrogens is 304 g/mol. The van der Waals surface area contributed by atoms with Crippen molar-refractivity contribution in [2.45, 2.75) is 6.42 Å². The van der Waals surface area contributed by atoms with Crippen LogP contribution in [0.2, 0.25) is 0 Å². The average Bonchev–Trinajstić information content (AvgIpc) is 3.09. The van der Waals surface area contributed by atoms with Crippen molar-refractivity contribution in [2.24, 2.45) is 23.7 Å². The van der Waals surface area contributed by atoms with Crippen LogP contribution < -0.4 is 5.32 Å². The van der Waals surface area contributed by atoms with Gasteiger partial charge in [0.2, 0.25) is 5.91 Å². The number of nitro benzene ring substituents is 1. The van der Waals surface area contributed by atoms with E-state index in [9.17, 15) is 29.9 Å². The van der Waals surface area contributed by atoms with Gasteiger partial charge in [0.1, 0.15) is 5.75 Å². The van der Waals surface area contributed by atoms with E-state index < -0.39 is 28.6 Å². The topological polar surface area (TPSA) is 130 Å². The van der Waals surface area contributed by atoms with Crippen molar-refractivity contribution in [1.29, 1.82) is 0 Å². The lowest BCUT2D eigenvalue weighted by atomic mass is 9.82. The third-order valence-corrected chi connectivity index (χ3v) is 4.50. The first kappa shape index (κ1) is 15.0. The number of carbonyl (C=O) groups is 2. The number of phenols is 1. The van der Waals surface area contributed by atoms with Crippen LogP contribution in [-0.2, 0) is 9.59 Å². The number of benzene rings is 1. The molecule has 1 amide bonds. The molecular formula is C15H14N2O6. The number of carboxylic acid groups (broad SMARTS) is 1. The van der Waals surface area contributed by atoms with Crippen molar-refractivity contribution in [3.05, 3.63) is 40.5 Å². The molecule has 2 aliphatic carbocycles. The SMILES string of the molecule is O=C(O)C1C2C=CC(C2)C1C(=O)Nc1cc([N+](=O)[O-])ccc1O. The summed E-state index contributed by atoms with van der Waals surface area (Å²) in [5, 5.41) is 32.3. The molecule has 4 unspecified atom stereocenters. The molecule has 3 N–H and O–H groups in total. The number of allylic oxidation sites excluding steroid dienone is 2. The number of phenolic OH excluding ortho intramolecular Hbond substituents is 1. The van der Waals surface area contributed by atoms with Gasteiger partial charge in [-0.25, -0.2) is 0 Å². The Morgan fingerprint density at radius 3 is 2.48 bits per heavy atom. The van der Waals surface area contributed by atoms with Crippen LogP contribution in [0, 0.1) is 33.8 Å². The number of hydrogen-bond acceptors (Lipinski definition) is 5. The van der Waals surface area contributed by atoms with Gasteiger partial charge in [-0.3, -0.25) is 19.7 Å². The first-order chi connectivity index (χ1) is 10.9. The molecule has 8 nitrogen and oxygen atoms in total. The largest absolute Gasteiger partial charge is 0.506 e. The Morgan fingerprint density at radius 2 is 1.87 bits per heavy atom. The van der Waals surface area contributed by atoms with Crippen LogP contribution >= 0.6 is 0 Å². The second-order valence-electron chi connectivity index (χ2n) is 5.79. The van der Waals surface area contributed by atoms with Gasteiger partial charge in [-0.1, -0.05) is 12.2 Å². The van der Waals surface area contributed by atoms with Crippen molar-refractivity contribution in [1.82, 2.24) is 0 Å². The van der Waals surface area contributed by atoms with E-state index >= 15 is 0 Å². The number of non-ortho nitro benzene ring substituents is 1. The second kappa shape index (κ2) is 5.38. The molecule has 3 rings (SSSR count). The average molecular weight is 318 g/mol. The van der Waals surface area contributed by atoms with E-state index in [1.807, 2.05) is 12.2 Å². The summed E-state index contributed by atoms with van der Waals surface area (Å²) in [7, 11) is 0. The highest BCUT2D eigenvalue weighted by molar-refractivity contribution is 5.97. The van der Waals surface area contributed by atoms with Gasteiger partial charge < -0.3 is 15.5 Å². The van der Waals surface area contributed by atoms with Gasteiger partial charge >= 0.3 is 5.97 Å². The molecule has 4 atom stereocenters. The van der Waals surface area contributed by atoms with E-state index in [0.717, 1.165) is 18.2 Å². The zero-order valence-corrected chi connectivity index (χ0v) is 11.9. The lowest BCUT2D eigenvalue weighted by Crippen LogP contribution is -2.36. The van der Waals surface area contributed by atoms with Crippen LogP contribution in [0.25, 0.3) is 0 Å². The number of nitro groups is 1. The summed E-state index contributed by atoms with van der Waals surface area (Å²) in [6.45, 7) is 0. The normalized spacial score (nSPS) is 27.8. The summed E-state index contributed by atoms with van der Waals surface area (Å²) in [4.78, 5) is 34.0. The minimum absolute atomic E-state index is 0.0971. The lowest BCUT2D eigenvalue weighted by Gasteiger charge is -2.23.